The Balaban J connectivity index is 2.29. The fraction of sp³-hybridized carbons (Fsp3) is 0.308. The fourth-order valence-corrected chi connectivity index (χ4v) is 2.73. The molecule has 0 radical (unpaired) electrons. The van der Waals surface area contributed by atoms with Crippen molar-refractivity contribution in [2.45, 2.75) is 24.3 Å². The number of halogens is 1. The van der Waals surface area contributed by atoms with Gasteiger partial charge < -0.3 is 4.57 Å². The Hall–Kier alpha value is -1.69. The van der Waals surface area contributed by atoms with Gasteiger partial charge >= 0.3 is 0 Å². The maximum atomic E-state index is 13.3. The van der Waals surface area contributed by atoms with E-state index in [2.05, 4.69) is 29.0 Å². The second kappa shape index (κ2) is 4.45. The van der Waals surface area contributed by atoms with Gasteiger partial charge in [0.05, 0.1) is 5.52 Å². The van der Waals surface area contributed by atoms with Crippen molar-refractivity contribution in [1.82, 2.24) is 19.7 Å². The van der Waals surface area contributed by atoms with Crippen LogP contribution in [0.2, 0.25) is 0 Å². The number of thioether (sulfide) groups is 1. The summed E-state index contributed by atoms with van der Waals surface area (Å²) >= 11 is 1.56. The minimum Gasteiger partial charge on any atom is -0.327 e. The topological polar surface area (TPSA) is 43.6 Å². The van der Waals surface area contributed by atoms with Crippen LogP contribution in [0.15, 0.2) is 23.4 Å². The lowest BCUT2D eigenvalue weighted by Crippen LogP contribution is -1.97. The molecule has 0 fully saturated rings. The molecule has 0 aliphatic rings. The Bertz CT molecular complexity index is 766. The highest BCUT2D eigenvalue weighted by atomic mass is 32.2. The van der Waals surface area contributed by atoms with E-state index in [1.165, 1.54) is 12.1 Å². The number of nitrogens with zero attached hydrogens (tertiary/aromatic N) is 4. The molecule has 0 N–H and O–H groups in total. The van der Waals surface area contributed by atoms with Crippen molar-refractivity contribution in [3.05, 3.63) is 24.0 Å². The lowest BCUT2D eigenvalue weighted by Gasteiger charge is -2.02. The molecule has 0 saturated heterocycles. The molecule has 3 rings (SSSR count). The van der Waals surface area contributed by atoms with E-state index in [9.17, 15) is 4.39 Å². The number of rotatable bonds is 2. The lowest BCUT2D eigenvalue weighted by molar-refractivity contribution is 0.629. The lowest BCUT2D eigenvalue weighted by atomic mass is 10.2. The molecule has 4 nitrogen and oxygen atoms in total. The van der Waals surface area contributed by atoms with E-state index in [-0.39, 0.29) is 5.82 Å². The first-order chi connectivity index (χ1) is 9.06. The summed E-state index contributed by atoms with van der Waals surface area (Å²) in [6.07, 6.45) is 0. The molecule has 3 aromatic rings. The molecule has 98 valence electrons. The smallest absolute Gasteiger partial charge is 0.211 e. The summed E-state index contributed by atoms with van der Waals surface area (Å²) < 4.78 is 15.3. The van der Waals surface area contributed by atoms with Crippen LogP contribution in [-0.2, 0) is 7.05 Å². The van der Waals surface area contributed by atoms with E-state index >= 15 is 0 Å². The van der Waals surface area contributed by atoms with E-state index in [0.717, 1.165) is 16.6 Å². The second-order valence-electron chi connectivity index (χ2n) is 4.65. The third-order valence-electron chi connectivity index (χ3n) is 2.88. The molecule has 0 spiro atoms. The van der Waals surface area contributed by atoms with Gasteiger partial charge in [-0.25, -0.2) is 9.37 Å². The van der Waals surface area contributed by atoms with E-state index in [4.69, 9.17) is 0 Å². The highest BCUT2D eigenvalue weighted by Crippen LogP contribution is 2.27. The van der Waals surface area contributed by atoms with Gasteiger partial charge in [-0.05, 0) is 18.2 Å². The van der Waals surface area contributed by atoms with Gasteiger partial charge in [0.2, 0.25) is 5.16 Å². The SMILES string of the molecule is CC(C)Sc1nnc2c3cc(F)ccc3n(C)c2n1. The summed E-state index contributed by atoms with van der Waals surface area (Å²) in [5.41, 5.74) is 2.29. The van der Waals surface area contributed by atoms with Crippen LogP contribution in [0.25, 0.3) is 22.1 Å². The third-order valence-corrected chi connectivity index (χ3v) is 3.74. The zero-order valence-corrected chi connectivity index (χ0v) is 11.7. The van der Waals surface area contributed by atoms with Gasteiger partial charge in [0, 0.05) is 17.7 Å². The number of benzene rings is 1. The Kier molecular flexibility index (Phi) is 2.89. The quantitative estimate of drug-likeness (QED) is 0.674. The Labute approximate surface area is 114 Å². The predicted molar refractivity (Wildman–Crippen MR) is 74.8 cm³/mol. The average Bonchev–Trinajstić information content (AvgIpc) is 2.62. The molecule has 2 heterocycles. The van der Waals surface area contributed by atoms with Crippen LogP contribution < -0.4 is 0 Å². The Morgan fingerprint density at radius 1 is 1.26 bits per heavy atom. The minimum atomic E-state index is -0.276. The second-order valence-corrected chi connectivity index (χ2v) is 6.20. The number of hydrogen-bond acceptors (Lipinski definition) is 4. The van der Waals surface area contributed by atoms with Crippen molar-refractivity contribution in [3.8, 4) is 0 Å². The predicted octanol–water partition coefficient (Wildman–Crippen LogP) is 3.16. The van der Waals surface area contributed by atoms with E-state index in [1.807, 2.05) is 11.6 Å². The molecule has 0 aliphatic carbocycles. The fourth-order valence-electron chi connectivity index (χ4n) is 2.08. The van der Waals surface area contributed by atoms with Gasteiger partial charge in [0.15, 0.2) is 5.65 Å². The molecule has 0 unspecified atom stereocenters. The molecule has 0 bridgehead atoms. The van der Waals surface area contributed by atoms with Crippen molar-refractivity contribution in [2.24, 2.45) is 7.05 Å². The van der Waals surface area contributed by atoms with Gasteiger partial charge in [0.25, 0.3) is 0 Å². The molecule has 19 heavy (non-hydrogen) atoms. The Morgan fingerprint density at radius 3 is 2.79 bits per heavy atom. The summed E-state index contributed by atoms with van der Waals surface area (Å²) in [5, 5.41) is 10.1. The van der Waals surface area contributed by atoms with Crippen LogP contribution in [0.5, 0.6) is 0 Å². The average molecular weight is 276 g/mol. The molecule has 1 aromatic carbocycles. The normalized spacial score (nSPS) is 11.8. The molecule has 6 heteroatoms. The molecule has 0 amide bonds. The highest BCUT2D eigenvalue weighted by Gasteiger charge is 2.13. The van der Waals surface area contributed by atoms with Crippen molar-refractivity contribution < 1.29 is 4.39 Å². The Morgan fingerprint density at radius 2 is 2.05 bits per heavy atom. The first-order valence-electron chi connectivity index (χ1n) is 6.01. The molecule has 0 aliphatic heterocycles. The molecular weight excluding hydrogens is 263 g/mol. The molecule has 0 atom stereocenters. The number of aryl methyl sites for hydroxylation is 1. The minimum absolute atomic E-state index is 0.276. The first-order valence-corrected chi connectivity index (χ1v) is 6.89. The summed E-state index contributed by atoms with van der Waals surface area (Å²) in [4.78, 5) is 4.51. The number of fused-ring (bicyclic) bond motifs is 3. The zero-order chi connectivity index (χ0) is 13.6. The van der Waals surface area contributed by atoms with Gasteiger partial charge in [-0.3, -0.25) is 0 Å². The summed E-state index contributed by atoms with van der Waals surface area (Å²) in [6.45, 7) is 4.16. The number of hydrogen-bond donors (Lipinski definition) is 0. The summed E-state index contributed by atoms with van der Waals surface area (Å²) in [5.74, 6) is -0.276. The molecule has 0 saturated carbocycles. The van der Waals surface area contributed by atoms with E-state index in [0.29, 0.717) is 15.9 Å². The van der Waals surface area contributed by atoms with Crippen molar-refractivity contribution in [1.29, 1.82) is 0 Å². The van der Waals surface area contributed by atoms with Crippen molar-refractivity contribution in [2.75, 3.05) is 0 Å². The van der Waals surface area contributed by atoms with E-state index < -0.39 is 0 Å². The summed E-state index contributed by atoms with van der Waals surface area (Å²) in [7, 11) is 1.90. The molecule has 2 aromatic heterocycles. The van der Waals surface area contributed by atoms with Crippen molar-refractivity contribution in [3.63, 3.8) is 0 Å². The van der Waals surface area contributed by atoms with Crippen LogP contribution in [0.3, 0.4) is 0 Å². The van der Waals surface area contributed by atoms with Crippen molar-refractivity contribution >= 4 is 33.8 Å². The first kappa shape index (κ1) is 12.3. The zero-order valence-electron chi connectivity index (χ0n) is 10.9. The molecular formula is C13H13FN4S. The summed E-state index contributed by atoms with van der Waals surface area (Å²) in [6, 6.07) is 4.66. The maximum absolute atomic E-state index is 13.3. The standard InChI is InChI=1S/C13H13FN4S/c1-7(2)19-13-15-12-11(16-17-13)9-6-8(14)4-5-10(9)18(12)3/h4-7H,1-3H3. The number of aromatic nitrogens is 4. The van der Waals surface area contributed by atoms with Gasteiger partial charge in [0.1, 0.15) is 11.3 Å². The largest absolute Gasteiger partial charge is 0.327 e. The monoisotopic (exact) mass is 276 g/mol. The van der Waals surface area contributed by atoms with Crippen LogP contribution in [-0.4, -0.2) is 25.0 Å². The maximum Gasteiger partial charge on any atom is 0.211 e. The van der Waals surface area contributed by atoms with Crippen LogP contribution >= 0.6 is 11.8 Å². The van der Waals surface area contributed by atoms with Crippen LogP contribution in [0, 0.1) is 5.82 Å². The van der Waals surface area contributed by atoms with Gasteiger partial charge in [-0.1, -0.05) is 25.6 Å². The highest BCUT2D eigenvalue weighted by molar-refractivity contribution is 7.99. The van der Waals surface area contributed by atoms with Crippen LogP contribution in [0.1, 0.15) is 13.8 Å². The third kappa shape index (κ3) is 2.06. The van der Waals surface area contributed by atoms with Crippen LogP contribution in [0.4, 0.5) is 4.39 Å². The van der Waals surface area contributed by atoms with E-state index in [1.54, 1.807) is 17.8 Å². The van der Waals surface area contributed by atoms with Gasteiger partial charge in [-0.2, -0.15) is 0 Å². The van der Waals surface area contributed by atoms with Gasteiger partial charge in [-0.15, -0.1) is 10.2 Å².